The van der Waals surface area contributed by atoms with Crippen LogP contribution in [-0.2, 0) is 11.2 Å². The molecular formula is C15H18BrFO2. The van der Waals surface area contributed by atoms with Gasteiger partial charge in [-0.15, -0.1) is 0 Å². The second-order valence-corrected chi connectivity index (χ2v) is 6.73. The Hall–Kier alpha value is -0.450. The molecule has 0 aromatic heterocycles. The minimum Gasteiger partial charge on any atom is -0.396 e. The fraction of sp³-hybridized carbons (Fsp3) is 0.600. The fourth-order valence-electron chi connectivity index (χ4n) is 3.20. The van der Waals surface area contributed by atoms with Gasteiger partial charge in [0.1, 0.15) is 5.82 Å². The van der Waals surface area contributed by atoms with E-state index in [1.807, 2.05) is 6.07 Å². The van der Waals surface area contributed by atoms with Crippen LogP contribution in [0, 0.1) is 17.2 Å². The Balaban J connectivity index is 1.85. The number of hydrogen-bond donors (Lipinski definition) is 1. The van der Waals surface area contributed by atoms with Gasteiger partial charge in [-0.3, -0.25) is 0 Å². The van der Waals surface area contributed by atoms with Crippen molar-refractivity contribution >= 4 is 15.9 Å². The van der Waals surface area contributed by atoms with Crippen LogP contribution >= 0.6 is 15.9 Å². The Morgan fingerprint density at radius 1 is 1.42 bits per heavy atom. The molecule has 3 rings (SSSR count). The van der Waals surface area contributed by atoms with Gasteiger partial charge < -0.3 is 9.84 Å². The summed E-state index contributed by atoms with van der Waals surface area (Å²) in [5, 5.41) is 9.86. The molecule has 4 heteroatoms. The largest absolute Gasteiger partial charge is 0.396 e. The molecule has 1 N–H and O–H groups in total. The summed E-state index contributed by atoms with van der Waals surface area (Å²) >= 11 is 3.27. The molecule has 1 aliphatic carbocycles. The normalized spacial score (nSPS) is 30.8. The number of ether oxygens (including phenoxy) is 1. The van der Waals surface area contributed by atoms with Gasteiger partial charge in [-0.05, 0) is 49.3 Å². The van der Waals surface area contributed by atoms with Gasteiger partial charge >= 0.3 is 0 Å². The number of hydrogen-bond acceptors (Lipinski definition) is 2. The van der Waals surface area contributed by atoms with E-state index in [9.17, 15) is 9.50 Å². The van der Waals surface area contributed by atoms with Gasteiger partial charge in [0, 0.05) is 16.5 Å². The lowest BCUT2D eigenvalue weighted by molar-refractivity contribution is 0.000211. The maximum Gasteiger partial charge on any atom is 0.127 e. The molecule has 0 radical (unpaired) electrons. The first-order valence-electron chi connectivity index (χ1n) is 6.81. The highest BCUT2D eigenvalue weighted by Gasteiger charge is 2.50. The monoisotopic (exact) mass is 328 g/mol. The SMILES string of the molecule is OCC1(Cc2ccc(Br)cc2F)CCOC1C1CC1. The van der Waals surface area contributed by atoms with Crippen LogP contribution in [0.3, 0.4) is 0 Å². The number of aliphatic hydroxyl groups is 1. The summed E-state index contributed by atoms with van der Waals surface area (Å²) in [7, 11) is 0. The van der Waals surface area contributed by atoms with Gasteiger partial charge in [-0.25, -0.2) is 4.39 Å². The van der Waals surface area contributed by atoms with E-state index in [1.165, 1.54) is 18.9 Å². The molecule has 2 atom stereocenters. The van der Waals surface area contributed by atoms with E-state index in [0.717, 1.165) is 10.9 Å². The highest BCUT2D eigenvalue weighted by Crippen LogP contribution is 2.49. The van der Waals surface area contributed by atoms with E-state index >= 15 is 0 Å². The molecule has 2 fully saturated rings. The third kappa shape index (κ3) is 2.58. The van der Waals surface area contributed by atoms with Crippen LogP contribution in [0.1, 0.15) is 24.8 Å². The van der Waals surface area contributed by atoms with Gasteiger partial charge in [0.2, 0.25) is 0 Å². The van der Waals surface area contributed by atoms with Crippen molar-refractivity contribution in [3.63, 3.8) is 0 Å². The van der Waals surface area contributed by atoms with Crippen LogP contribution in [0.15, 0.2) is 22.7 Å². The van der Waals surface area contributed by atoms with Gasteiger partial charge in [-0.1, -0.05) is 22.0 Å². The molecule has 1 aromatic carbocycles. The lowest BCUT2D eigenvalue weighted by atomic mass is 9.74. The summed E-state index contributed by atoms with van der Waals surface area (Å²) in [5.74, 6) is 0.358. The Kier molecular flexibility index (Phi) is 3.67. The van der Waals surface area contributed by atoms with Gasteiger partial charge in [0.15, 0.2) is 0 Å². The molecule has 0 spiro atoms. The number of halogens is 2. The number of benzene rings is 1. The zero-order valence-corrected chi connectivity index (χ0v) is 12.3. The molecule has 2 unspecified atom stereocenters. The molecule has 1 saturated carbocycles. The minimum absolute atomic E-state index is 0.0731. The van der Waals surface area contributed by atoms with Gasteiger partial charge in [0.25, 0.3) is 0 Å². The Morgan fingerprint density at radius 3 is 2.84 bits per heavy atom. The van der Waals surface area contributed by atoms with Crippen molar-refractivity contribution in [2.45, 2.75) is 31.8 Å². The van der Waals surface area contributed by atoms with Crippen molar-refractivity contribution < 1.29 is 14.2 Å². The van der Waals surface area contributed by atoms with Crippen LogP contribution in [0.4, 0.5) is 4.39 Å². The smallest absolute Gasteiger partial charge is 0.127 e. The van der Waals surface area contributed by atoms with E-state index in [1.54, 1.807) is 6.07 Å². The predicted molar refractivity (Wildman–Crippen MR) is 74.4 cm³/mol. The lowest BCUT2D eigenvalue weighted by Crippen LogP contribution is -2.38. The summed E-state index contributed by atoms with van der Waals surface area (Å²) in [5.41, 5.74) is 0.379. The first-order chi connectivity index (χ1) is 9.14. The van der Waals surface area contributed by atoms with E-state index in [2.05, 4.69) is 15.9 Å². The van der Waals surface area contributed by atoms with Crippen molar-refractivity contribution in [1.29, 1.82) is 0 Å². The third-order valence-corrected chi connectivity index (χ3v) is 4.92. The number of rotatable bonds is 4. The van der Waals surface area contributed by atoms with Crippen LogP contribution in [0.2, 0.25) is 0 Å². The summed E-state index contributed by atoms with van der Waals surface area (Å²) in [6.45, 7) is 0.754. The predicted octanol–water partition coefficient (Wildman–Crippen LogP) is 3.31. The third-order valence-electron chi connectivity index (χ3n) is 4.42. The van der Waals surface area contributed by atoms with Crippen molar-refractivity contribution in [2.24, 2.45) is 11.3 Å². The standard InChI is InChI=1S/C15H18BrFO2/c16-12-4-3-11(13(17)7-12)8-15(9-18)5-6-19-14(15)10-1-2-10/h3-4,7,10,14,18H,1-2,5-6,8-9H2. The molecule has 1 heterocycles. The van der Waals surface area contributed by atoms with Crippen LogP contribution in [0.25, 0.3) is 0 Å². The molecular weight excluding hydrogens is 311 g/mol. The first kappa shape index (κ1) is 13.5. The molecule has 0 bridgehead atoms. The van der Waals surface area contributed by atoms with E-state index in [4.69, 9.17) is 4.74 Å². The number of aliphatic hydroxyl groups excluding tert-OH is 1. The van der Waals surface area contributed by atoms with E-state index in [0.29, 0.717) is 24.5 Å². The Labute approximate surface area is 121 Å². The molecule has 1 saturated heterocycles. The molecule has 19 heavy (non-hydrogen) atoms. The lowest BCUT2D eigenvalue weighted by Gasteiger charge is -2.32. The zero-order chi connectivity index (χ0) is 13.5. The Bertz CT molecular complexity index is 475. The topological polar surface area (TPSA) is 29.5 Å². The highest BCUT2D eigenvalue weighted by molar-refractivity contribution is 9.10. The second kappa shape index (κ2) is 5.15. The fourth-order valence-corrected chi connectivity index (χ4v) is 3.53. The summed E-state index contributed by atoms with van der Waals surface area (Å²) in [6.07, 6.45) is 3.83. The zero-order valence-electron chi connectivity index (χ0n) is 10.7. The van der Waals surface area contributed by atoms with E-state index in [-0.39, 0.29) is 23.9 Å². The average molecular weight is 329 g/mol. The van der Waals surface area contributed by atoms with Crippen molar-refractivity contribution in [3.05, 3.63) is 34.1 Å². The van der Waals surface area contributed by atoms with Crippen molar-refractivity contribution in [1.82, 2.24) is 0 Å². The van der Waals surface area contributed by atoms with Crippen LogP contribution < -0.4 is 0 Å². The maximum absolute atomic E-state index is 14.0. The Morgan fingerprint density at radius 2 is 2.21 bits per heavy atom. The molecule has 1 aromatic rings. The summed E-state index contributed by atoms with van der Waals surface area (Å²) in [4.78, 5) is 0. The minimum atomic E-state index is -0.296. The highest BCUT2D eigenvalue weighted by atomic mass is 79.9. The average Bonchev–Trinajstić information content (AvgIpc) is 3.15. The molecule has 2 nitrogen and oxygen atoms in total. The quantitative estimate of drug-likeness (QED) is 0.918. The maximum atomic E-state index is 14.0. The van der Waals surface area contributed by atoms with Gasteiger partial charge in [-0.2, -0.15) is 0 Å². The van der Waals surface area contributed by atoms with Crippen molar-refractivity contribution in [3.8, 4) is 0 Å². The molecule has 0 amide bonds. The first-order valence-corrected chi connectivity index (χ1v) is 7.60. The molecule has 2 aliphatic rings. The second-order valence-electron chi connectivity index (χ2n) is 5.81. The molecule has 1 aliphatic heterocycles. The summed E-state index contributed by atoms with van der Waals surface area (Å²) in [6, 6.07) is 5.15. The molecule has 104 valence electrons. The van der Waals surface area contributed by atoms with Gasteiger partial charge in [0.05, 0.1) is 12.7 Å². The summed E-state index contributed by atoms with van der Waals surface area (Å²) < 4.78 is 20.6. The van der Waals surface area contributed by atoms with Crippen LogP contribution in [-0.4, -0.2) is 24.4 Å². The van der Waals surface area contributed by atoms with Crippen molar-refractivity contribution in [2.75, 3.05) is 13.2 Å². The van der Waals surface area contributed by atoms with Crippen LogP contribution in [0.5, 0.6) is 0 Å². The van der Waals surface area contributed by atoms with E-state index < -0.39 is 0 Å².